The summed E-state index contributed by atoms with van der Waals surface area (Å²) in [5.74, 6) is -0.473. The van der Waals surface area contributed by atoms with Crippen LogP contribution in [0.25, 0.3) is 0 Å². The highest BCUT2D eigenvalue weighted by Gasteiger charge is 2.34. The zero-order valence-corrected chi connectivity index (χ0v) is 6.99. The number of nitrogens with zero attached hydrogens (tertiary/aromatic N) is 1. The van der Waals surface area contributed by atoms with Crippen LogP contribution in [-0.4, -0.2) is 29.9 Å². The van der Waals surface area contributed by atoms with Crippen molar-refractivity contribution in [2.45, 2.75) is 6.92 Å². The van der Waals surface area contributed by atoms with Gasteiger partial charge in [-0.1, -0.05) is 6.92 Å². The Bertz CT molecular complexity index is 217. The Morgan fingerprint density at radius 2 is 1.92 bits per heavy atom. The molecule has 0 bridgehead atoms. The quantitative estimate of drug-likeness (QED) is 0.536. The van der Waals surface area contributed by atoms with Gasteiger partial charge >= 0.3 is 6.03 Å². The number of amides is 3. The van der Waals surface area contributed by atoms with E-state index in [4.69, 9.17) is 11.5 Å². The van der Waals surface area contributed by atoms with Crippen LogP contribution in [0.4, 0.5) is 4.79 Å². The molecule has 1 saturated heterocycles. The molecule has 1 aliphatic rings. The van der Waals surface area contributed by atoms with Gasteiger partial charge in [-0.2, -0.15) is 0 Å². The smallest absolute Gasteiger partial charge is 0.314 e. The highest BCUT2D eigenvalue weighted by Crippen LogP contribution is 2.21. The lowest BCUT2D eigenvalue weighted by molar-refractivity contribution is -0.122. The van der Waals surface area contributed by atoms with Gasteiger partial charge < -0.3 is 16.4 Å². The van der Waals surface area contributed by atoms with E-state index >= 15 is 0 Å². The third kappa shape index (κ3) is 1.49. The Labute approximate surface area is 70.7 Å². The molecule has 68 valence electrons. The Morgan fingerprint density at radius 1 is 1.33 bits per heavy atom. The molecule has 0 aromatic rings. The van der Waals surface area contributed by atoms with E-state index in [-0.39, 0.29) is 17.7 Å². The average molecular weight is 171 g/mol. The summed E-state index contributed by atoms with van der Waals surface area (Å²) < 4.78 is 0. The summed E-state index contributed by atoms with van der Waals surface area (Å²) in [7, 11) is 0. The van der Waals surface area contributed by atoms with Gasteiger partial charge in [0.2, 0.25) is 5.91 Å². The van der Waals surface area contributed by atoms with Crippen molar-refractivity contribution in [3.63, 3.8) is 0 Å². The first-order valence-corrected chi connectivity index (χ1v) is 3.86. The lowest BCUT2D eigenvalue weighted by Gasteiger charge is -2.11. The maximum atomic E-state index is 10.8. The van der Waals surface area contributed by atoms with Gasteiger partial charge in [0.15, 0.2) is 0 Å². The molecule has 2 atom stereocenters. The van der Waals surface area contributed by atoms with E-state index in [0.717, 1.165) is 0 Å². The average Bonchev–Trinajstić information content (AvgIpc) is 2.30. The molecule has 0 aromatic carbocycles. The van der Waals surface area contributed by atoms with Gasteiger partial charge in [0.1, 0.15) is 0 Å². The number of hydrogen-bond donors (Lipinski definition) is 2. The van der Waals surface area contributed by atoms with Crippen LogP contribution in [0, 0.1) is 11.8 Å². The molecule has 12 heavy (non-hydrogen) atoms. The van der Waals surface area contributed by atoms with Crippen LogP contribution < -0.4 is 11.5 Å². The van der Waals surface area contributed by atoms with E-state index < -0.39 is 6.03 Å². The van der Waals surface area contributed by atoms with Gasteiger partial charge in [0, 0.05) is 13.1 Å². The van der Waals surface area contributed by atoms with Crippen molar-refractivity contribution in [3.8, 4) is 0 Å². The van der Waals surface area contributed by atoms with Gasteiger partial charge in [0.25, 0.3) is 0 Å². The van der Waals surface area contributed by atoms with E-state index in [1.165, 1.54) is 4.90 Å². The first kappa shape index (κ1) is 8.83. The Hall–Kier alpha value is -1.26. The molecular formula is C7H13N3O2. The first-order valence-electron chi connectivity index (χ1n) is 3.86. The monoisotopic (exact) mass is 171 g/mol. The maximum absolute atomic E-state index is 10.8. The summed E-state index contributed by atoms with van der Waals surface area (Å²) in [5.41, 5.74) is 10.2. The fourth-order valence-corrected chi connectivity index (χ4v) is 1.52. The molecule has 0 unspecified atom stereocenters. The van der Waals surface area contributed by atoms with Crippen LogP contribution in [0.2, 0.25) is 0 Å². The van der Waals surface area contributed by atoms with Crippen molar-refractivity contribution in [2.24, 2.45) is 23.3 Å². The van der Waals surface area contributed by atoms with Crippen molar-refractivity contribution < 1.29 is 9.59 Å². The summed E-state index contributed by atoms with van der Waals surface area (Å²) >= 11 is 0. The topological polar surface area (TPSA) is 89.4 Å². The fourth-order valence-electron chi connectivity index (χ4n) is 1.52. The third-order valence-electron chi connectivity index (χ3n) is 2.29. The van der Waals surface area contributed by atoms with Gasteiger partial charge in [-0.3, -0.25) is 4.79 Å². The summed E-state index contributed by atoms with van der Waals surface area (Å²) in [5, 5.41) is 0. The minimum absolute atomic E-state index is 0.120. The molecule has 1 heterocycles. The molecule has 1 aliphatic heterocycles. The zero-order chi connectivity index (χ0) is 9.30. The predicted molar refractivity (Wildman–Crippen MR) is 43.0 cm³/mol. The second-order valence-electron chi connectivity index (χ2n) is 3.23. The molecule has 1 rings (SSSR count). The number of urea groups is 1. The summed E-state index contributed by atoms with van der Waals surface area (Å²) in [6.07, 6.45) is 0. The highest BCUT2D eigenvalue weighted by atomic mass is 16.2. The molecular weight excluding hydrogens is 158 g/mol. The number of hydrogen-bond acceptors (Lipinski definition) is 2. The van der Waals surface area contributed by atoms with Crippen LogP contribution in [0.1, 0.15) is 6.92 Å². The van der Waals surface area contributed by atoms with Crippen LogP contribution in [0.15, 0.2) is 0 Å². The van der Waals surface area contributed by atoms with Crippen LogP contribution in [0.5, 0.6) is 0 Å². The maximum Gasteiger partial charge on any atom is 0.314 e. The van der Waals surface area contributed by atoms with E-state index in [1.807, 2.05) is 6.92 Å². The van der Waals surface area contributed by atoms with E-state index in [0.29, 0.717) is 13.1 Å². The molecule has 0 aliphatic carbocycles. The summed E-state index contributed by atoms with van der Waals surface area (Å²) in [4.78, 5) is 23.0. The molecule has 1 fully saturated rings. The Balaban J connectivity index is 2.62. The largest absolute Gasteiger partial charge is 0.369 e. The molecule has 0 radical (unpaired) electrons. The SMILES string of the molecule is C[C@@H]1CN(C(N)=O)C[C@H]1C(N)=O. The standard InChI is InChI=1S/C7H13N3O2/c1-4-2-10(7(9)12)3-5(4)6(8)11/h4-5H,2-3H2,1H3,(H2,8,11)(H2,9,12)/t4-,5-/m1/s1. The first-order chi connectivity index (χ1) is 5.52. The van der Waals surface area contributed by atoms with Crippen molar-refractivity contribution in [3.05, 3.63) is 0 Å². The zero-order valence-electron chi connectivity index (χ0n) is 6.99. The Morgan fingerprint density at radius 3 is 2.17 bits per heavy atom. The molecule has 3 amide bonds. The van der Waals surface area contributed by atoms with Crippen molar-refractivity contribution in [1.82, 2.24) is 4.90 Å². The second kappa shape index (κ2) is 3.00. The van der Waals surface area contributed by atoms with E-state index in [2.05, 4.69) is 0 Å². The third-order valence-corrected chi connectivity index (χ3v) is 2.29. The number of primary amides is 2. The van der Waals surface area contributed by atoms with Crippen LogP contribution in [0.3, 0.4) is 0 Å². The summed E-state index contributed by atoms with van der Waals surface area (Å²) in [6.45, 7) is 2.78. The molecule has 0 saturated carbocycles. The molecule has 5 nitrogen and oxygen atoms in total. The number of rotatable bonds is 1. The Kier molecular flexibility index (Phi) is 2.21. The molecule has 0 spiro atoms. The van der Waals surface area contributed by atoms with Crippen molar-refractivity contribution in [1.29, 1.82) is 0 Å². The highest BCUT2D eigenvalue weighted by molar-refractivity contribution is 5.80. The second-order valence-corrected chi connectivity index (χ2v) is 3.23. The van der Waals surface area contributed by atoms with Gasteiger partial charge in [-0.15, -0.1) is 0 Å². The number of carbonyl (C=O) groups excluding carboxylic acids is 2. The molecule has 0 aromatic heterocycles. The van der Waals surface area contributed by atoms with Gasteiger partial charge in [0.05, 0.1) is 5.92 Å². The summed E-state index contributed by atoms with van der Waals surface area (Å²) in [6, 6.07) is -0.481. The minimum atomic E-state index is -0.481. The van der Waals surface area contributed by atoms with Crippen molar-refractivity contribution >= 4 is 11.9 Å². The van der Waals surface area contributed by atoms with Gasteiger partial charge in [-0.05, 0) is 5.92 Å². The minimum Gasteiger partial charge on any atom is -0.369 e. The van der Waals surface area contributed by atoms with E-state index in [1.54, 1.807) is 0 Å². The molecule has 5 heteroatoms. The number of likely N-dealkylation sites (tertiary alicyclic amines) is 1. The van der Waals surface area contributed by atoms with Crippen molar-refractivity contribution in [2.75, 3.05) is 13.1 Å². The lowest BCUT2D eigenvalue weighted by atomic mass is 9.98. The van der Waals surface area contributed by atoms with E-state index in [9.17, 15) is 9.59 Å². The van der Waals surface area contributed by atoms with Crippen LogP contribution in [-0.2, 0) is 4.79 Å². The fraction of sp³-hybridized carbons (Fsp3) is 0.714. The van der Waals surface area contributed by atoms with Gasteiger partial charge in [-0.25, -0.2) is 4.79 Å². The number of nitrogens with two attached hydrogens (primary N) is 2. The lowest BCUT2D eigenvalue weighted by Crippen LogP contribution is -2.35. The number of carbonyl (C=O) groups is 2. The molecule has 4 N–H and O–H groups in total. The predicted octanol–water partition coefficient (Wildman–Crippen LogP) is -0.882. The van der Waals surface area contributed by atoms with Crippen LogP contribution >= 0.6 is 0 Å². The normalized spacial score (nSPS) is 28.9.